The number of halogens is 1. The van der Waals surface area contributed by atoms with Crippen molar-refractivity contribution >= 4 is 29.0 Å². The number of urea groups is 1. The van der Waals surface area contributed by atoms with Gasteiger partial charge in [0.2, 0.25) is 0 Å². The van der Waals surface area contributed by atoms with E-state index < -0.39 is 35.6 Å². The number of hydrogen-bond donors (Lipinski definition) is 1. The molecule has 120 valence electrons. The van der Waals surface area contributed by atoms with Gasteiger partial charge in [0.1, 0.15) is 6.17 Å². The minimum absolute atomic E-state index is 0.0379. The van der Waals surface area contributed by atoms with Gasteiger partial charge in [-0.2, -0.15) is 10.1 Å². The van der Waals surface area contributed by atoms with Crippen molar-refractivity contribution in [2.45, 2.75) is 25.4 Å². The van der Waals surface area contributed by atoms with Crippen LogP contribution in [-0.4, -0.2) is 29.5 Å². The number of hydrogen-bond acceptors (Lipinski definition) is 4. The summed E-state index contributed by atoms with van der Waals surface area (Å²) in [6.07, 6.45) is -0.437. The van der Waals surface area contributed by atoms with E-state index in [4.69, 9.17) is 5.73 Å². The molecule has 2 saturated carbocycles. The molecule has 2 fully saturated rings. The van der Waals surface area contributed by atoms with Crippen LogP contribution in [0.3, 0.4) is 0 Å². The van der Waals surface area contributed by atoms with E-state index in [1.54, 1.807) is 30.3 Å². The largest absolute Gasteiger partial charge is 0.350 e. The molecule has 2 aliphatic carbocycles. The molecule has 0 bridgehead atoms. The fraction of sp³-hybridized carbons (Fsp3) is 0.375. The molecule has 3 atom stereocenters. The predicted molar refractivity (Wildman–Crippen MR) is 81.7 cm³/mol. The first-order chi connectivity index (χ1) is 11.0. The molecule has 3 unspecified atom stereocenters. The van der Waals surface area contributed by atoms with Gasteiger partial charge in [-0.1, -0.05) is 18.2 Å². The zero-order valence-corrected chi connectivity index (χ0v) is 12.3. The van der Waals surface area contributed by atoms with Gasteiger partial charge in [0, 0.05) is 11.8 Å². The quantitative estimate of drug-likeness (QED) is 0.843. The maximum absolute atomic E-state index is 13.5. The zero-order chi connectivity index (χ0) is 16.6. The highest BCUT2D eigenvalue weighted by Gasteiger charge is 2.50. The number of primary amides is 1. The van der Waals surface area contributed by atoms with E-state index in [0.717, 1.165) is 5.01 Å². The van der Waals surface area contributed by atoms with Gasteiger partial charge < -0.3 is 5.73 Å². The molecule has 7 heteroatoms. The molecule has 2 amide bonds. The van der Waals surface area contributed by atoms with E-state index in [1.165, 1.54) is 0 Å². The molecule has 6 nitrogen and oxygen atoms in total. The highest BCUT2D eigenvalue weighted by atomic mass is 19.1. The number of amides is 2. The number of carbonyl (C=O) groups is 3. The lowest BCUT2D eigenvalue weighted by molar-refractivity contribution is -0.121. The minimum atomic E-state index is -1.08. The van der Waals surface area contributed by atoms with E-state index in [0.29, 0.717) is 12.1 Å². The topological polar surface area (TPSA) is 92.8 Å². The summed E-state index contributed by atoms with van der Waals surface area (Å²) < 4.78 is 13.5. The molecule has 0 spiro atoms. The Morgan fingerprint density at radius 3 is 2.43 bits per heavy atom. The second-order valence-electron chi connectivity index (χ2n) is 5.79. The van der Waals surface area contributed by atoms with Gasteiger partial charge in [-0.3, -0.25) is 9.59 Å². The smallest absolute Gasteiger partial charge is 0.340 e. The molecule has 2 N–H and O–H groups in total. The van der Waals surface area contributed by atoms with Crippen LogP contribution in [0, 0.1) is 11.8 Å². The monoisotopic (exact) mass is 317 g/mol. The lowest BCUT2D eigenvalue weighted by Gasteiger charge is -2.24. The maximum Gasteiger partial charge on any atom is 0.340 e. The average Bonchev–Trinajstić information content (AvgIpc) is 2.76. The number of fused-ring (bicyclic) bond motifs is 1. The van der Waals surface area contributed by atoms with Crippen LogP contribution >= 0.6 is 0 Å². The number of Topliss-reactive ketones (excluding diaryl/α,β-unsaturated/α-hetero) is 2. The molecule has 1 aromatic carbocycles. The number of nitrogens with two attached hydrogens (primary N) is 1. The van der Waals surface area contributed by atoms with Crippen LogP contribution in [0.15, 0.2) is 35.4 Å². The second kappa shape index (κ2) is 5.91. The van der Waals surface area contributed by atoms with Crippen molar-refractivity contribution in [1.29, 1.82) is 0 Å². The number of benzene rings is 1. The Bertz CT molecular complexity index is 689. The molecule has 0 saturated heterocycles. The summed E-state index contributed by atoms with van der Waals surface area (Å²) in [5, 5.41) is 4.74. The summed E-state index contributed by atoms with van der Waals surface area (Å²) >= 11 is 0. The normalized spacial score (nSPS) is 28.7. The van der Waals surface area contributed by atoms with Gasteiger partial charge in [-0.25, -0.2) is 9.18 Å². The van der Waals surface area contributed by atoms with Crippen LogP contribution in [0.5, 0.6) is 0 Å². The Labute approximate surface area is 132 Å². The van der Waals surface area contributed by atoms with Gasteiger partial charge in [-0.15, -0.1) is 0 Å². The summed E-state index contributed by atoms with van der Waals surface area (Å²) in [4.78, 5) is 36.4. The number of rotatable bonds is 2. The van der Waals surface area contributed by atoms with Crippen LogP contribution < -0.4 is 10.7 Å². The van der Waals surface area contributed by atoms with Crippen LogP contribution in [0.2, 0.25) is 0 Å². The van der Waals surface area contributed by atoms with Gasteiger partial charge >= 0.3 is 6.03 Å². The highest BCUT2D eigenvalue weighted by molar-refractivity contribution is 6.70. The summed E-state index contributed by atoms with van der Waals surface area (Å²) in [5.74, 6) is -2.12. The van der Waals surface area contributed by atoms with Crippen LogP contribution in [-0.2, 0) is 9.59 Å². The number of para-hydroxylation sites is 1. The number of ketones is 2. The molecule has 2 aliphatic rings. The van der Waals surface area contributed by atoms with E-state index in [9.17, 15) is 18.8 Å². The first kappa shape index (κ1) is 15.3. The van der Waals surface area contributed by atoms with Crippen molar-refractivity contribution in [3.8, 4) is 0 Å². The number of anilines is 1. The van der Waals surface area contributed by atoms with Crippen molar-refractivity contribution in [2.24, 2.45) is 22.7 Å². The molecule has 23 heavy (non-hydrogen) atoms. The average molecular weight is 317 g/mol. The van der Waals surface area contributed by atoms with Crippen molar-refractivity contribution in [2.75, 3.05) is 5.01 Å². The Morgan fingerprint density at radius 2 is 1.78 bits per heavy atom. The molecule has 3 rings (SSSR count). The van der Waals surface area contributed by atoms with Gasteiger partial charge in [0.15, 0.2) is 17.3 Å². The number of nitrogens with zero attached hydrogens (tertiary/aromatic N) is 2. The van der Waals surface area contributed by atoms with E-state index in [1.807, 2.05) is 0 Å². The number of carbonyl (C=O) groups excluding carboxylic acids is 3. The molecule has 0 aliphatic heterocycles. The Morgan fingerprint density at radius 1 is 1.13 bits per heavy atom. The maximum atomic E-state index is 13.5. The number of alkyl halides is 1. The van der Waals surface area contributed by atoms with Crippen LogP contribution in [0.1, 0.15) is 19.3 Å². The molecule has 0 heterocycles. The first-order valence-corrected chi connectivity index (χ1v) is 7.44. The third kappa shape index (κ3) is 2.74. The summed E-state index contributed by atoms with van der Waals surface area (Å²) in [5.41, 5.74) is 5.35. The lowest BCUT2D eigenvalue weighted by atomic mass is 9.80. The van der Waals surface area contributed by atoms with Crippen molar-refractivity contribution < 1.29 is 18.8 Å². The first-order valence-electron chi connectivity index (χ1n) is 7.44. The van der Waals surface area contributed by atoms with E-state index in [2.05, 4.69) is 5.10 Å². The molecule has 1 aromatic rings. The fourth-order valence-electron chi connectivity index (χ4n) is 3.20. The van der Waals surface area contributed by atoms with Gasteiger partial charge in [0.05, 0.1) is 5.69 Å². The molecular formula is C16H16FN3O3. The Kier molecular flexibility index (Phi) is 3.94. The van der Waals surface area contributed by atoms with Gasteiger partial charge in [0.25, 0.3) is 0 Å². The molecular weight excluding hydrogens is 301 g/mol. The molecule has 0 radical (unpaired) electrons. The van der Waals surface area contributed by atoms with Crippen molar-refractivity contribution in [3.05, 3.63) is 30.3 Å². The summed E-state index contributed by atoms with van der Waals surface area (Å²) in [7, 11) is 0. The lowest BCUT2D eigenvalue weighted by Crippen LogP contribution is -2.34. The minimum Gasteiger partial charge on any atom is -0.350 e. The van der Waals surface area contributed by atoms with Crippen LogP contribution in [0.4, 0.5) is 14.9 Å². The van der Waals surface area contributed by atoms with Gasteiger partial charge in [-0.05, 0) is 31.4 Å². The third-order valence-electron chi connectivity index (χ3n) is 4.34. The zero-order valence-electron chi connectivity index (χ0n) is 12.3. The number of hydrazone groups is 1. The summed E-state index contributed by atoms with van der Waals surface area (Å²) in [6, 6.07) is 7.38. The fourth-order valence-corrected chi connectivity index (χ4v) is 3.20. The Hall–Kier alpha value is -2.57. The van der Waals surface area contributed by atoms with Crippen LogP contribution in [0.25, 0.3) is 0 Å². The highest BCUT2D eigenvalue weighted by Crippen LogP contribution is 2.38. The predicted octanol–water partition coefficient (Wildman–Crippen LogP) is 1.83. The second-order valence-corrected chi connectivity index (χ2v) is 5.79. The Balaban J connectivity index is 1.95. The van der Waals surface area contributed by atoms with Crippen molar-refractivity contribution in [3.63, 3.8) is 0 Å². The van der Waals surface area contributed by atoms with E-state index in [-0.39, 0.29) is 18.6 Å². The SMILES string of the molecule is NC(=O)N(/N=C1/C(=O)C2CCC(F)CC2C1=O)c1ccccc1. The standard InChI is InChI=1S/C16H16FN3O3/c17-9-6-7-11-12(8-9)15(22)13(14(11)21)19-20(16(18)23)10-4-2-1-3-5-10/h1-5,9,11-12H,6-8H2,(H2,18,23)/b19-13-. The molecule has 0 aromatic heterocycles. The third-order valence-corrected chi connectivity index (χ3v) is 4.34. The summed E-state index contributed by atoms with van der Waals surface area (Å²) in [6.45, 7) is 0. The van der Waals surface area contributed by atoms with Crippen molar-refractivity contribution in [1.82, 2.24) is 0 Å². The van der Waals surface area contributed by atoms with E-state index >= 15 is 0 Å².